The Morgan fingerprint density at radius 1 is 1.10 bits per heavy atom. The average molecular weight is 136 g/mol. The van der Waals surface area contributed by atoms with E-state index in [1.165, 1.54) is 0 Å². The van der Waals surface area contributed by atoms with Crippen molar-refractivity contribution in [2.75, 3.05) is 0 Å². The van der Waals surface area contributed by atoms with Crippen LogP contribution in [0.5, 0.6) is 0 Å². The molecule has 0 heterocycles. The van der Waals surface area contributed by atoms with Gasteiger partial charge in [0.05, 0.1) is 0 Å². The third kappa shape index (κ3) is 2.66. The van der Waals surface area contributed by atoms with E-state index in [1.807, 2.05) is 31.2 Å². The van der Waals surface area contributed by atoms with Gasteiger partial charge in [0.15, 0.2) is 0 Å². The van der Waals surface area contributed by atoms with Gasteiger partial charge in [-0.05, 0) is 0 Å². The molecule has 0 atom stereocenters. The Morgan fingerprint density at radius 3 is 1.90 bits per heavy atom. The van der Waals surface area contributed by atoms with Gasteiger partial charge in [0.2, 0.25) is 0 Å². The molecule has 0 amide bonds. The molecule has 0 saturated carbocycles. The smallest absolute Gasteiger partial charge is 0.870 e. The van der Waals surface area contributed by atoms with Crippen LogP contribution in [0.2, 0.25) is 0 Å². The molecular weight excluding hydrogens is 127 g/mol. The number of hydrogen-bond acceptors (Lipinski definition) is 2. The van der Waals surface area contributed by atoms with Crippen molar-refractivity contribution < 1.29 is 11.0 Å². The van der Waals surface area contributed by atoms with Crippen LogP contribution in [0.4, 0.5) is 0 Å². The van der Waals surface area contributed by atoms with E-state index in [0.717, 1.165) is 11.0 Å². The zero-order valence-corrected chi connectivity index (χ0v) is 5.78. The van der Waals surface area contributed by atoms with Crippen molar-refractivity contribution in [3.63, 3.8) is 0 Å². The van der Waals surface area contributed by atoms with Crippen LogP contribution in [0.3, 0.4) is 0 Å². The number of benzene rings is 1. The Kier molecular flexibility index (Phi) is 6.00. The van der Waals surface area contributed by atoms with E-state index in [1.54, 1.807) is 0 Å². The number of rotatable bonds is 0. The Balaban J connectivity index is 0. The Hall–Kier alpha value is -0.795. The zero-order valence-electron chi connectivity index (χ0n) is 5.78. The molecule has 0 aliphatic carbocycles. The van der Waals surface area contributed by atoms with Gasteiger partial charge in [0.25, 0.3) is 0 Å². The van der Waals surface area contributed by atoms with E-state index in [9.17, 15) is 0 Å². The summed E-state index contributed by atoms with van der Waals surface area (Å²) in [4.78, 5) is 0. The van der Waals surface area contributed by atoms with Crippen molar-refractivity contribution in [3.05, 3.63) is 29.8 Å². The fraction of sp³-hybridized carbons (Fsp3) is 0.143. The summed E-state index contributed by atoms with van der Waals surface area (Å²) in [5.41, 5.74) is 2.01. The quantitative estimate of drug-likeness (QED) is 0.485. The second kappa shape index (κ2) is 5.03. The van der Waals surface area contributed by atoms with Gasteiger partial charge >= 0.3 is 50.1 Å². The minimum Gasteiger partial charge on any atom is -0.870 e. The molecule has 2 N–H and O–H groups in total. The zero-order chi connectivity index (χ0) is 5.98. The first-order valence-corrected chi connectivity index (χ1v) is 2.62. The normalized spacial score (nSPS) is 7.50. The van der Waals surface area contributed by atoms with E-state index in [-0.39, 0.29) is 11.0 Å². The van der Waals surface area contributed by atoms with Crippen LogP contribution >= 0.6 is 0 Å². The Bertz CT molecular complexity index is 168. The molecule has 0 radical (unpaired) electrons. The molecule has 0 aliphatic heterocycles. The molecule has 52 valence electrons. The third-order valence-corrected chi connectivity index (χ3v) is 1.19. The predicted octanol–water partition coefficient (Wildman–Crippen LogP) is 0.435. The van der Waals surface area contributed by atoms with Crippen molar-refractivity contribution in [3.8, 4) is 0 Å². The maximum atomic E-state index is 5.52. The standard InChI is InChI=1S/C7H7B.2H2O/c1-6-4-2-3-5-7(6)8;;/h2-5H,1H3;2*1H2/q+2;;/p-2. The van der Waals surface area contributed by atoms with Crippen molar-refractivity contribution in [2.45, 2.75) is 6.92 Å². The molecule has 0 aliphatic rings. The molecule has 10 heavy (non-hydrogen) atoms. The molecule has 3 heteroatoms. The minimum atomic E-state index is 0. The van der Waals surface area contributed by atoms with Gasteiger partial charge in [-0.25, -0.2) is 0 Å². The second-order valence-electron chi connectivity index (χ2n) is 1.86. The molecule has 0 saturated heterocycles. The molecule has 0 aromatic heterocycles. The number of hydrogen-bond donors (Lipinski definition) is 0. The molecule has 0 unspecified atom stereocenters. The van der Waals surface area contributed by atoms with E-state index in [4.69, 9.17) is 7.85 Å². The first-order chi connectivity index (χ1) is 3.80. The molecular formula is C7H9BO2. The average Bonchev–Trinajstić information content (AvgIpc) is 1.77. The molecule has 1 rings (SSSR count). The topological polar surface area (TPSA) is 60.0 Å². The monoisotopic (exact) mass is 136 g/mol. The van der Waals surface area contributed by atoms with Gasteiger partial charge in [-0.15, -0.1) is 0 Å². The van der Waals surface area contributed by atoms with E-state index in [0.29, 0.717) is 0 Å². The molecule has 0 bridgehead atoms. The second-order valence-corrected chi connectivity index (χ2v) is 1.86. The van der Waals surface area contributed by atoms with Gasteiger partial charge in [0.1, 0.15) is 0 Å². The first kappa shape index (κ1) is 11.9. The van der Waals surface area contributed by atoms with E-state index < -0.39 is 0 Å². The summed E-state index contributed by atoms with van der Waals surface area (Å²) < 4.78 is 0. The molecule has 2 nitrogen and oxygen atoms in total. The van der Waals surface area contributed by atoms with Crippen molar-refractivity contribution in [1.29, 1.82) is 0 Å². The maximum Gasteiger partial charge on any atom is -0.870 e. The van der Waals surface area contributed by atoms with Gasteiger partial charge in [-0.2, -0.15) is 0 Å². The van der Waals surface area contributed by atoms with Crippen LogP contribution in [0.1, 0.15) is 5.56 Å². The summed E-state index contributed by atoms with van der Waals surface area (Å²) in [6, 6.07) is 7.80. The van der Waals surface area contributed by atoms with Crippen LogP contribution in [0, 0.1) is 6.92 Å². The van der Waals surface area contributed by atoms with Crippen molar-refractivity contribution in [2.24, 2.45) is 0 Å². The van der Waals surface area contributed by atoms with E-state index >= 15 is 0 Å². The SMILES string of the molecule is [B+2]c1ccccc1C.[OH-].[OH-]. The summed E-state index contributed by atoms with van der Waals surface area (Å²) in [7, 11) is 5.52. The van der Waals surface area contributed by atoms with Crippen LogP contribution in [-0.2, 0) is 0 Å². The minimum absolute atomic E-state index is 0. The van der Waals surface area contributed by atoms with E-state index in [2.05, 4.69) is 0 Å². The van der Waals surface area contributed by atoms with Crippen molar-refractivity contribution in [1.82, 2.24) is 0 Å². The van der Waals surface area contributed by atoms with Crippen LogP contribution in [0.15, 0.2) is 24.3 Å². The Morgan fingerprint density at radius 2 is 1.60 bits per heavy atom. The first-order valence-electron chi connectivity index (χ1n) is 2.62. The van der Waals surface area contributed by atoms with Gasteiger partial charge in [-0.1, -0.05) is 0 Å². The molecule has 0 fully saturated rings. The third-order valence-electron chi connectivity index (χ3n) is 1.19. The van der Waals surface area contributed by atoms with Crippen LogP contribution in [0.25, 0.3) is 0 Å². The fourth-order valence-corrected chi connectivity index (χ4v) is 0.587. The molecule has 1 aromatic rings. The van der Waals surface area contributed by atoms with Gasteiger partial charge in [0, 0.05) is 0 Å². The summed E-state index contributed by atoms with van der Waals surface area (Å²) >= 11 is 0. The Labute approximate surface area is 61.9 Å². The summed E-state index contributed by atoms with van der Waals surface area (Å²) in [5, 5.41) is 0. The molecule has 1 aromatic carbocycles. The summed E-state index contributed by atoms with van der Waals surface area (Å²) in [5.74, 6) is 0. The summed E-state index contributed by atoms with van der Waals surface area (Å²) in [6.45, 7) is 2.00. The van der Waals surface area contributed by atoms with Crippen molar-refractivity contribution >= 4 is 13.3 Å². The van der Waals surface area contributed by atoms with Crippen LogP contribution < -0.4 is 5.46 Å². The molecule has 0 spiro atoms. The summed E-state index contributed by atoms with van der Waals surface area (Å²) in [6.07, 6.45) is 0. The van der Waals surface area contributed by atoms with Gasteiger partial charge in [-0.3, -0.25) is 0 Å². The van der Waals surface area contributed by atoms with Crippen LogP contribution in [-0.4, -0.2) is 18.8 Å². The number of aryl methyl sites for hydroxylation is 1. The predicted molar refractivity (Wildman–Crippen MR) is 40.4 cm³/mol. The van der Waals surface area contributed by atoms with Gasteiger partial charge < -0.3 is 11.0 Å². The largest absolute Gasteiger partial charge is 0.870 e. The maximum absolute atomic E-state index is 5.52. The fourth-order valence-electron chi connectivity index (χ4n) is 0.587.